The summed E-state index contributed by atoms with van der Waals surface area (Å²) in [6, 6.07) is 6.01. The Morgan fingerprint density at radius 2 is 2.00 bits per heavy atom. The number of nitriles is 1. The summed E-state index contributed by atoms with van der Waals surface area (Å²) in [5.74, 6) is 0.904. The molecule has 0 radical (unpaired) electrons. The van der Waals surface area contributed by atoms with Gasteiger partial charge in [0, 0.05) is 39.1 Å². The van der Waals surface area contributed by atoms with E-state index in [1.807, 2.05) is 21.8 Å². The summed E-state index contributed by atoms with van der Waals surface area (Å²) in [7, 11) is 0. The molecule has 2 aliphatic heterocycles. The molecule has 2 aliphatic rings. The van der Waals surface area contributed by atoms with Crippen molar-refractivity contribution in [1.82, 2.24) is 29.6 Å². The Hall–Kier alpha value is -3.78. The predicted octanol–water partition coefficient (Wildman–Crippen LogP) is 2.77. The molecule has 0 aromatic carbocycles. The first kappa shape index (κ1) is 23.0. The summed E-state index contributed by atoms with van der Waals surface area (Å²) >= 11 is 0. The quantitative estimate of drug-likeness (QED) is 0.570. The van der Waals surface area contributed by atoms with E-state index in [-0.39, 0.29) is 24.5 Å². The average Bonchev–Trinajstić information content (AvgIpc) is 3.34. The highest BCUT2D eigenvalue weighted by atomic mass is 16.5. The number of carbonyl (C=O) groups excluding carboxylic acids is 1. The molecule has 0 aliphatic carbocycles. The third-order valence-electron chi connectivity index (χ3n) is 6.42. The summed E-state index contributed by atoms with van der Waals surface area (Å²) in [4.78, 5) is 27.3. The standard InChI is InChI=1S/C24H28N8O3/c1-16(33)31-10-5-19(6-11-31)32-15-18(14-26-32)28-24-29-21-3-2-17(4-9-25)27-22(21)23(30-24)35-20-7-12-34-13-8-20/h2-3,14-15,19-20H,4-8,10-13H2,1H3,(H,28,29,30). The molecule has 0 saturated carbocycles. The van der Waals surface area contributed by atoms with E-state index in [4.69, 9.17) is 14.7 Å². The van der Waals surface area contributed by atoms with E-state index >= 15 is 0 Å². The van der Waals surface area contributed by atoms with Gasteiger partial charge in [0.1, 0.15) is 6.10 Å². The Labute approximate surface area is 203 Å². The number of piperidine rings is 1. The van der Waals surface area contributed by atoms with Crippen LogP contribution >= 0.6 is 0 Å². The first-order valence-electron chi connectivity index (χ1n) is 11.9. The van der Waals surface area contributed by atoms with E-state index in [9.17, 15) is 4.79 Å². The molecule has 0 spiro atoms. The van der Waals surface area contributed by atoms with Crippen LogP contribution in [-0.4, -0.2) is 67.9 Å². The maximum Gasteiger partial charge on any atom is 0.245 e. The second kappa shape index (κ2) is 10.2. The van der Waals surface area contributed by atoms with Crippen LogP contribution in [0.2, 0.25) is 0 Å². The van der Waals surface area contributed by atoms with Crippen LogP contribution in [0, 0.1) is 11.3 Å². The van der Waals surface area contributed by atoms with Gasteiger partial charge in [-0.1, -0.05) is 0 Å². The summed E-state index contributed by atoms with van der Waals surface area (Å²) in [6.45, 7) is 4.39. The largest absolute Gasteiger partial charge is 0.473 e. The molecule has 5 rings (SSSR count). The van der Waals surface area contributed by atoms with Gasteiger partial charge >= 0.3 is 0 Å². The maximum atomic E-state index is 11.6. The summed E-state index contributed by atoms with van der Waals surface area (Å²) in [5.41, 5.74) is 2.60. The number of nitrogens with zero attached hydrogens (tertiary/aromatic N) is 7. The highest BCUT2D eigenvalue weighted by Crippen LogP contribution is 2.28. The van der Waals surface area contributed by atoms with Crippen molar-refractivity contribution in [3.63, 3.8) is 0 Å². The number of aromatic nitrogens is 5. The highest BCUT2D eigenvalue weighted by Gasteiger charge is 2.23. The van der Waals surface area contributed by atoms with Gasteiger partial charge < -0.3 is 19.7 Å². The zero-order valence-corrected chi connectivity index (χ0v) is 19.7. The molecule has 1 amide bonds. The zero-order valence-electron chi connectivity index (χ0n) is 19.7. The monoisotopic (exact) mass is 476 g/mol. The predicted molar refractivity (Wildman–Crippen MR) is 127 cm³/mol. The number of likely N-dealkylation sites (tertiary alicyclic amines) is 1. The van der Waals surface area contributed by atoms with Crippen LogP contribution in [0.25, 0.3) is 11.0 Å². The van der Waals surface area contributed by atoms with Gasteiger partial charge in [-0.15, -0.1) is 0 Å². The minimum Gasteiger partial charge on any atom is -0.473 e. The number of anilines is 2. The van der Waals surface area contributed by atoms with Gasteiger partial charge in [-0.25, -0.2) is 9.97 Å². The van der Waals surface area contributed by atoms with Gasteiger partial charge in [0.05, 0.1) is 54.8 Å². The number of nitrogens with one attached hydrogen (secondary N) is 1. The molecule has 0 unspecified atom stereocenters. The number of ether oxygens (including phenoxy) is 2. The number of hydrogen-bond donors (Lipinski definition) is 1. The molecule has 0 atom stereocenters. The lowest BCUT2D eigenvalue weighted by Crippen LogP contribution is -2.37. The first-order valence-corrected chi connectivity index (χ1v) is 11.9. The molecule has 2 fully saturated rings. The number of pyridine rings is 1. The second-order valence-electron chi connectivity index (χ2n) is 8.86. The van der Waals surface area contributed by atoms with Gasteiger partial charge in [-0.05, 0) is 25.0 Å². The average molecular weight is 477 g/mol. The molecule has 3 aromatic rings. The van der Waals surface area contributed by atoms with Crippen LogP contribution in [0.1, 0.15) is 44.3 Å². The van der Waals surface area contributed by atoms with E-state index in [0.717, 1.165) is 44.5 Å². The van der Waals surface area contributed by atoms with Gasteiger partial charge in [0.25, 0.3) is 0 Å². The third-order valence-corrected chi connectivity index (χ3v) is 6.42. The van der Waals surface area contributed by atoms with E-state index in [2.05, 4.69) is 31.4 Å². The van der Waals surface area contributed by atoms with E-state index < -0.39 is 0 Å². The fourth-order valence-corrected chi connectivity index (χ4v) is 4.47. The summed E-state index contributed by atoms with van der Waals surface area (Å²) in [6.07, 6.45) is 7.17. The lowest BCUT2D eigenvalue weighted by atomic mass is 10.1. The number of carbonyl (C=O) groups is 1. The van der Waals surface area contributed by atoms with Gasteiger partial charge in [0.2, 0.25) is 17.7 Å². The van der Waals surface area contributed by atoms with Crippen LogP contribution in [0.3, 0.4) is 0 Å². The van der Waals surface area contributed by atoms with Crippen molar-refractivity contribution in [2.24, 2.45) is 0 Å². The smallest absolute Gasteiger partial charge is 0.245 e. The molecule has 11 heteroatoms. The molecule has 1 N–H and O–H groups in total. The molecule has 5 heterocycles. The number of fused-ring (bicyclic) bond motifs is 1. The molecule has 11 nitrogen and oxygen atoms in total. The number of hydrogen-bond acceptors (Lipinski definition) is 9. The van der Waals surface area contributed by atoms with Crippen molar-refractivity contribution in [3.8, 4) is 11.9 Å². The van der Waals surface area contributed by atoms with Crippen molar-refractivity contribution in [3.05, 3.63) is 30.2 Å². The van der Waals surface area contributed by atoms with Crippen molar-refractivity contribution < 1.29 is 14.3 Å². The Kier molecular flexibility index (Phi) is 6.72. The van der Waals surface area contributed by atoms with Crippen molar-refractivity contribution in [1.29, 1.82) is 5.26 Å². The fourth-order valence-electron chi connectivity index (χ4n) is 4.47. The molecular formula is C24H28N8O3. The Morgan fingerprint density at radius 3 is 2.74 bits per heavy atom. The highest BCUT2D eigenvalue weighted by molar-refractivity contribution is 5.81. The first-order chi connectivity index (χ1) is 17.1. The molecule has 182 valence electrons. The van der Waals surface area contributed by atoms with Crippen LogP contribution < -0.4 is 10.1 Å². The Balaban J connectivity index is 1.37. The molecule has 3 aromatic heterocycles. The summed E-state index contributed by atoms with van der Waals surface area (Å²) in [5, 5.41) is 16.8. The normalized spacial score (nSPS) is 17.3. The van der Waals surface area contributed by atoms with Crippen molar-refractivity contribution in [2.75, 3.05) is 31.6 Å². The topological polar surface area (TPSA) is 131 Å². The SMILES string of the molecule is CC(=O)N1CCC(n2cc(Nc3nc(OC4CCOCC4)c4nc(CC#N)ccc4n3)cn2)CC1. The van der Waals surface area contributed by atoms with Gasteiger partial charge in [0.15, 0.2) is 5.52 Å². The van der Waals surface area contributed by atoms with E-state index in [0.29, 0.717) is 41.8 Å². The molecule has 2 saturated heterocycles. The summed E-state index contributed by atoms with van der Waals surface area (Å²) < 4.78 is 13.6. The number of rotatable bonds is 6. The van der Waals surface area contributed by atoms with Crippen LogP contribution in [-0.2, 0) is 16.0 Å². The molecular weight excluding hydrogens is 448 g/mol. The maximum absolute atomic E-state index is 11.6. The zero-order chi connectivity index (χ0) is 24.2. The Bertz CT molecular complexity index is 1240. The molecule has 0 bridgehead atoms. The van der Waals surface area contributed by atoms with Crippen LogP contribution in [0.5, 0.6) is 5.88 Å². The third kappa shape index (κ3) is 5.33. The van der Waals surface area contributed by atoms with E-state index in [1.165, 1.54) is 0 Å². The second-order valence-corrected chi connectivity index (χ2v) is 8.86. The van der Waals surface area contributed by atoms with E-state index in [1.54, 1.807) is 19.2 Å². The fraction of sp³-hybridized carbons (Fsp3) is 0.500. The number of amides is 1. The van der Waals surface area contributed by atoms with Crippen LogP contribution in [0.4, 0.5) is 11.6 Å². The minimum atomic E-state index is -0.0141. The van der Waals surface area contributed by atoms with Gasteiger partial charge in [-0.2, -0.15) is 15.3 Å². The van der Waals surface area contributed by atoms with Gasteiger partial charge in [-0.3, -0.25) is 9.48 Å². The minimum absolute atomic E-state index is 0.0141. The van der Waals surface area contributed by atoms with Crippen molar-refractivity contribution >= 4 is 28.6 Å². The van der Waals surface area contributed by atoms with Crippen molar-refractivity contribution in [2.45, 2.75) is 51.2 Å². The molecule has 35 heavy (non-hydrogen) atoms. The van der Waals surface area contributed by atoms with Crippen LogP contribution in [0.15, 0.2) is 24.5 Å². The lowest BCUT2D eigenvalue weighted by Gasteiger charge is -2.31. The Morgan fingerprint density at radius 1 is 1.20 bits per heavy atom. The lowest BCUT2D eigenvalue weighted by molar-refractivity contribution is -0.130.